The van der Waals surface area contributed by atoms with Crippen LogP contribution in [0.1, 0.15) is 48.5 Å². The van der Waals surface area contributed by atoms with Crippen LogP contribution in [0, 0.1) is 0 Å². The number of carbonyl (C=O) groups is 1. The molecule has 4 heteroatoms. The Morgan fingerprint density at radius 1 is 1.00 bits per heavy atom. The summed E-state index contributed by atoms with van der Waals surface area (Å²) in [5, 5.41) is 0. The molecule has 1 aliphatic rings. The molecule has 0 saturated heterocycles. The number of carbonyl (C=O) groups excluding carboxylic acids is 1. The number of methoxy groups -OCH3 is 2. The zero-order valence-electron chi connectivity index (χ0n) is 14.3. The van der Waals surface area contributed by atoms with E-state index in [9.17, 15) is 4.79 Å². The van der Waals surface area contributed by atoms with E-state index in [4.69, 9.17) is 9.47 Å². The first-order valence-electron chi connectivity index (χ1n) is 8.50. The summed E-state index contributed by atoms with van der Waals surface area (Å²) < 4.78 is 12.4. The zero-order valence-corrected chi connectivity index (χ0v) is 14.3. The van der Waals surface area contributed by atoms with Crippen molar-refractivity contribution in [2.75, 3.05) is 14.2 Å². The summed E-state index contributed by atoms with van der Waals surface area (Å²) in [6, 6.07) is 10.3. The topological polar surface area (TPSA) is 39.4 Å². The third-order valence-corrected chi connectivity index (χ3v) is 4.73. The van der Waals surface area contributed by atoms with Gasteiger partial charge >= 0.3 is 5.97 Å². The van der Waals surface area contributed by atoms with Crippen LogP contribution < -0.4 is 9.30 Å². The van der Waals surface area contributed by atoms with Gasteiger partial charge in [-0.2, -0.15) is 0 Å². The molecular formula is C20H24NO3+. The van der Waals surface area contributed by atoms with Crippen LogP contribution in [-0.4, -0.2) is 20.2 Å². The molecule has 1 aromatic carbocycles. The second kappa shape index (κ2) is 7.47. The first kappa shape index (κ1) is 16.5. The Balaban J connectivity index is 2.01. The Bertz CT molecular complexity index is 703. The maximum Gasteiger partial charge on any atom is 0.343 e. The van der Waals surface area contributed by atoms with Gasteiger partial charge in [0.05, 0.1) is 14.2 Å². The van der Waals surface area contributed by atoms with Crippen LogP contribution in [0.2, 0.25) is 0 Å². The third kappa shape index (κ3) is 3.58. The maximum atomic E-state index is 12.1. The summed E-state index contributed by atoms with van der Waals surface area (Å²) in [7, 11) is 3.08. The second-order valence-electron chi connectivity index (χ2n) is 6.27. The number of pyridine rings is 1. The number of benzene rings is 1. The van der Waals surface area contributed by atoms with Gasteiger partial charge in [-0.1, -0.05) is 18.6 Å². The highest BCUT2D eigenvalue weighted by Crippen LogP contribution is 2.26. The lowest BCUT2D eigenvalue weighted by Gasteiger charge is -2.18. The first-order chi connectivity index (χ1) is 11.7. The molecule has 0 bridgehead atoms. The molecule has 24 heavy (non-hydrogen) atoms. The molecule has 0 aliphatic heterocycles. The van der Waals surface area contributed by atoms with E-state index in [1.54, 1.807) is 7.11 Å². The van der Waals surface area contributed by atoms with Crippen LogP contribution in [-0.2, 0) is 4.74 Å². The van der Waals surface area contributed by atoms with Gasteiger partial charge in [0.1, 0.15) is 11.3 Å². The average Bonchev–Trinajstić information content (AvgIpc) is 2.67. The van der Waals surface area contributed by atoms with Gasteiger partial charge in [0, 0.05) is 18.4 Å². The molecule has 1 fully saturated rings. The van der Waals surface area contributed by atoms with Crippen molar-refractivity contribution >= 4 is 5.97 Å². The minimum Gasteiger partial charge on any atom is -0.497 e. The highest BCUT2D eigenvalue weighted by Gasteiger charge is 2.24. The van der Waals surface area contributed by atoms with E-state index in [1.165, 1.54) is 26.4 Å². The van der Waals surface area contributed by atoms with Crippen LogP contribution in [0.5, 0.6) is 5.75 Å². The summed E-state index contributed by atoms with van der Waals surface area (Å²) in [6.07, 6.45) is 10.2. The molecule has 2 aromatic rings. The number of nitrogens with zero attached hydrogens (tertiary/aromatic N) is 1. The molecule has 1 heterocycles. The number of esters is 1. The molecular weight excluding hydrogens is 302 g/mol. The standard InChI is InChI=1S/C20H24NO3/c1-23-19-10-8-15(9-11-19)16-12-17(20(22)24-2)14-21(13-16)18-6-4-3-5-7-18/h8-14,18H,3-7H2,1-2H3/q+1. The van der Waals surface area contributed by atoms with E-state index in [0.717, 1.165) is 29.7 Å². The van der Waals surface area contributed by atoms with E-state index < -0.39 is 0 Å². The highest BCUT2D eigenvalue weighted by molar-refractivity contribution is 5.90. The van der Waals surface area contributed by atoms with Crippen molar-refractivity contribution in [2.24, 2.45) is 0 Å². The molecule has 1 aromatic heterocycles. The van der Waals surface area contributed by atoms with Crippen LogP contribution >= 0.6 is 0 Å². The zero-order chi connectivity index (χ0) is 16.9. The minimum atomic E-state index is -0.296. The largest absolute Gasteiger partial charge is 0.497 e. The van der Waals surface area contributed by atoms with Gasteiger partial charge in [0.2, 0.25) is 0 Å². The number of rotatable bonds is 4. The Morgan fingerprint density at radius 3 is 2.33 bits per heavy atom. The second-order valence-corrected chi connectivity index (χ2v) is 6.27. The lowest BCUT2D eigenvalue weighted by Crippen LogP contribution is -2.41. The van der Waals surface area contributed by atoms with Crippen molar-refractivity contribution in [3.05, 3.63) is 48.3 Å². The summed E-state index contributed by atoms with van der Waals surface area (Å²) in [5.41, 5.74) is 2.67. The lowest BCUT2D eigenvalue weighted by molar-refractivity contribution is -0.725. The number of hydrogen-bond acceptors (Lipinski definition) is 3. The van der Waals surface area contributed by atoms with E-state index in [-0.39, 0.29) is 5.97 Å². The number of ether oxygens (including phenoxy) is 2. The Kier molecular flexibility index (Phi) is 5.14. The fourth-order valence-electron chi connectivity index (χ4n) is 3.36. The van der Waals surface area contributed by atoms with Gasteiger partial charge in [-0.05, 0) is 36.6 Å². The predicted octanol–water partition coefficient (Wildman–Crippen LogP) is 3.94. The van der Waals surface area contributed by atoms with Gasteiger partial charge in [0.25, 0.3) is 0 Å². The molecule has 0 N–H and O–H groups in total. The van der Waals surface area contributed by atoms with E-state index >= 15 is 0 Å². The molecule has 0 amide bonds. The van der Waals surface area contributed by atoms with Crippen molar-refractivity contribution in [1.29, 1.82) is 0 Å². The van der Waals surface area contributed by atoms with Crippen LogP contribution in [0.15, 0.2) is 42.7 Å². The van der Waals surface area contributed by atoms with Gasteiger partial charge in [0.15, 0.2) is 18.4 Å². The fraction of sp³-hybridized carbons (Fsp3) is 0.400. The lowest BCUT2D eigenvalue weighted by atomic mass is 9.94. The smallest absolute Gasteiger partial charge is 0.343 e. The van der Waals surface area contributed by atoms with Crippen molar-refractivity contribution in [3.63, 3.8) is 0 Å². The van der Waals surface area contributed by atoms with Crippen molar-refractivity contribution in [2.45, 2.75) is 38.1 Å². The van der Waals surface area contributed by atoms with Crippen molar-refractivity contribution < 1.29 is 18.8 Å². The summed E-state index contributed by atoms with van der Waals surface area (Å²) in [5.74, 6) is 0.526. The molecule has 4 nitrogen and oxygen atoms in total. The fourth-order valence-corrected chi connectivity index (χ4v) is 3.36. The van der Waals surface area contributed by atoms with Gasteiger partial charge in [-0.15, -0.1) is 0 Å². The Morgan fingerprint density at radius 2 is 1.71 bits per heavy atom. The summed E-state index contributed by atoms with van der Waals surface area (Å²) >= 11 is 0. The van der Waals surface area contributed by atoms with Gasteiger partial charge in [-0.3, -0.25) is 0 Å². The minimum absolute atomic E-state index is 0.296. The Hall–Kier alpha value is -2.36. The van der Waals surface area contributed by atoms with Crippen LogP contribution in [0.25, 0.3) is 11.1 Å². The SMILES string of the molecule is COC(=O)c1cc(-c2ccc(OC)cc2)c[n+](C2CCCCC2)c1. The van der Waals surface area contributed by atoms with Gasteiger partial charge < -0.3 is 9.47 Å². The normalized spacial score (nSPS) is 15.1. The molecule has 126 valence electrons. The van der Waals surface area contributed by atoms with Gasteiger partial charge in [-0.25, -0.2) is 9.36 Å². The molecule has 0 spiro atoms. The van der Waals surface area contributed by atoms with E-state index in [1.807, 2.05) is 36.5 Å². The van der Waals surface area contributed by atoms with Crippen molar-refractivity contribution in [1.82, 2.24) is 0 Å². The maximum absolute atomic E-state index is 12.1. The molecule has 1 aliphatic carbocycles. The van der Waals surface area contributed by atoms with Crippen LogP contribution in [0.4, 0.5) is 0 Å². The molecule has 0 unspecified atom stereocenters. The molecule has 3 rings (SSSR count). The van der Waals surface area contributed by atoms with E-state index in [0.29, 0.717) is 11.6 Å². The highest BCUT2D eigenvalue weighted by atomic mass is 16.5. The van der Waals surface area contributed by atoms with Crippen molar-refractivity contribution in [3.8, 4) is 16.9 Å². The first-order valence-corrected chi connectivity index (χ1v) is 8.50. The van der Waals surface area contributed by atoms with E-state index in [2.05, 4.69) is 10.8 Å². The quantitative estimate of drug-likeness (QED) is 0.631. The molecule has 1 saturated carbocycles. The summed E-state index contributed by atoms with van der Waals surface area (Å²) in [6.45, 7) is 0. The monoisotopic (exact) mass is 326 g/mol. The molecule has 0 atom stereocenters. The third-order valence-electron chi connectivity index (χ3n) is 4.73. The number of aromatic nitrogens is 1. The average molecular weight is 326 g/mol. The summed E-state index contributed by atoms with van der Waals surface area (Å²) in [4.78, 5) is 12.1. The number of hydrogen-bond donors (Lipinski definition) is 0. The molecule has 0 radical (unpaired) electrons. The predicted molar refractivity (Wildman–Crippen MR) is 92.1 cm³/mol. The van der Waals surface area contributed by atoms with Crippen LogP contribution in [0.3, 0.4) is 0 Å². The Labute approximate surface area is 143 Å².